The highest BCUT2D eigenvalue weighted by atomic mass is 19.4. The van der Waals surface area contributed by atoms with Gasteiger partial charge in [0.05, 0.1) is 47.3 Å². The molecular weight excluding hydrogens is 452 g/mol. The lowest BCUT2D eigenvalue weighted by molar-refractivity contribution is -0.137. The number of amides is 1. The molecule has 174 valence electrons. The predicted octanol–water partition coefficient (Wildman–Crippen LogP) is 4.31. The number of aromatic nitrogens is 4. The Labute approximate surface area is 191 Å². The average Bonchev–Trinajstić information content (AvgIpc) is 2.79. The molecule has 0 fully saturated rings. The second kappa shape index (κ2) is 9.00. The van der Waals surface area contributed by atoms with Crippen LogP contribution in [0.5, 0.6) is 0 Å². The molecule has 0 saturated carbocycles. The van der Waals surface area contributed by atoms with Crippen LogP contribution < -0.4 is 5.73 Å². The van der Waals surface area contributed by atoms with Crippen LogP contribution in [0.1, 0.15) is 32.9 Å². The molecule has 0 atom stereocenters. The van der Waals surface area contributed by atoms with Gasteiger partial charge in [0.15, 0.2) is 0 Å². The van der Waals surface area contributed by atoms with Crippen LogP contribution in [0.4, 0.5) is 23.4 Å². The number of hydrogen-bond acceptors (Lipinski definition) is 6. The first-order valence-corrected chi connectivity index (χ1v) is 10.0. The third-order valence-electron chi connectivity index (χ3n) is 5.13. The van der Waals surface area contributed by atoms with Crippen molar-refractivity contribution in [3.05, 3.63) is 89.0 Å². The van der Waals surface area contributed by atoms with Gasteiger partial charge in [0.1, 0.15) is 11.6 Å². The molecule has 3 aromatic heterocycles. The molecule has 0 saturated heterocycles. The third kappa shape index (κ3) is 4.92. The second-order valence-corrected chi connectivity index (χ2v) is 7.61. The molecule has 4 aromatic rings. The molecular formula is C23H18F4N6O. The number of nitrogens with two attached hydrogens (primary N) is 1. The maximum Gasteiger partial charge on any atom is 0.417 e. The van der Waals surface area contributed by atoms with Crippen LogP contribution in [0.2, 0.25) is 0 Å². The molecule has 0 radical (unpaired) electrons. The van der Waals surface area contributed by atoms with E-state index < -0.39 is 23.5 Å². The minimum absolute atomic E-state index is 0.0636. The first-order valence-electron chi connectivity index (χ1n) is 10.0. The van der Waals surface area contributed by atoms with E-state index in [1.54, 1.807) is 13.0 Å². The second-order valence-electron chi connectivity index (χ2n) is 7.61. The topological polar surface area (TPSA) is 97.9 Å². The molecule has 7 nitrogen and oxygen atoms in total. The maximum absolute atomic E-state index is 14.9. The minimum atomic E-state index is -4.54. The Kier molecular flexibility index (Phi) is 6.10. The molecule has 3 heterocycles. The highest BCUT2D eigenvalue weighted by Crippen LogP contribution is 2.29. The van der Waals surface area contributed by atoms with E-state index in [-0.39, 0.29) is 30.2 Å². The number of hydrogen-bond donors (Lipinski definition) is 1. The van der Waals surface area contributed by atoms with Gasteiger partial charge in [-0.3, -0.25) is 19.7 Å². The number of anilines is 1. The summed E-state index contributed by atoms with van der Waals surface area (Å²) in [5.74, 6) is -1.25. The van der Waals surface area contributed by atoms with E-state index in [2.05, 4.69) is 19.9 Å². The summed E-state index contributed by atoms with van der Waals surface area (Å²) in [6.45, 7) is 1.50. The largest absolute Gasteiger partial charge is 0.417 e. The van der Waals surface area contributed by atoms with Crippen LogP contribution in [0.25, 0.3) is 10.9 Å². The Morgan fingerprint density at radius 1 is 1.03 bits per heavy atom. The highest BCUT2D eigenvalue weighted by Gasteiger charge is 2.31. The summed E-state index contributed by atoms with van der Waals surface area (Å²) in [5.41, 5.74) is 6.22. The van der Waals surface area contributed by atoms with Gasteiger partial charge in [-0.1, -0.05) is 0 Å². The molecule has 1 amide bonds. The van der Waals surface area contributed by atoms with Gasteiger partial charge in [0.25, 0.3) is 5.91 Å². The van der Waals surface area contributed by atoms with Gasteiger partial charge in [-0.2, -0.15) is 13.2 Å². The fourth-order valence-corrected chi connectivity index (χ4v) is 3.34. The predicted molar refractivity (Wildman–Crippen MR) is 116 cm³/mol. The number of pyridine rings is 2. The Hall–Kier alpha value is -4.15. The number of fused-ring (bicyclic) bond motifs is 1. The van der Waals surface area contributed by atoms with Crippen molar-refractivity contribution in [2.75, 3.05) is 5.73 Å². The molecule has 0 aliphatic carbocycles. The van der Waals surface area contributed by atoms with Gasteiger partial charge in [-0.15, -0.1) is 0 Å². The van der Waals surface area contributed by atoms with E-state index >= 15 is 0 Å². The van der Waals surface area contributed by atoms with Gasteiger partial charge in [0, 0.05) is 30.0 Å². The number of benzene rings is 1. The summed E-state index contributed by atoms with van der Waals surface area (Å²) in [6, 6.07) is 6.24. The van der Waals surface area contributed by atoms with E-state index in [0.29, 0.717) is 28.4 Å². The van der Waals surface area contributed by atoms with Crippen LogP contribution in [0.3, 0.4) is 0 Å². The lowest BCUT2D eigenvalue weighted by Crippen LogP contribution is -2.31. The van der Waals surface area contributed by atoms with E-state index in [9.17, 15) is 22.4 Å². The zero-order valence-electron chi connectivity index (χ0n) is 17.8. The van der Waals surface area contributed by atoms with Crippen LogP contribution in [0, 0.1) is 12.7 Å². The van der Waals surface area contributed by atoms with Gasteiger partial charge >= 0.3 is 6.18 Å². The molecule has 0 spiro atoms. The molecule has 2 N–H and O–H groups in total. The van der Waals surface area contributed by atoms with Crippen molar-refractivity contribution in [3.63, 3.8) is 0 Å². The molecule has 0 aliphatic rings. The van der Waals surface area contributed by atoms with E-state index in [0.717, 1.165) is 12.1 Å². The quantitative estimate of drug-likeness (QED) is 0.437. The number of rotatable bonds is 5. The molecule has 11 heteroatoms. The summed E-state index contributed by atoms with van der Waals surface area (Å²) in [4.78, 5) is 30.7. The normalized spacial score (nSPS) is 11.6. The smallest absolute Gasteiger partial charge is 0.383 e. The van der Waals surface area contributed by atoms with Crippen LogP contribution in [-0.4, -0.2) is 30.7 Å². The maximum atomic E-state index is 14.9. The van der Waals surface area contributed by atoms with Crippen LogP contribution in [-0.2, 0) is 19.3 Å². The molecule has 0 unspecified atom stereocenters. The minimum Gasteiger partial charge on any atom is -0.383 e. The zero-order chi connectivity index (χ0) is 24.5. The van der Waals surface area contributed by atoms with Gasteiger partial charge in [-0.05, 0) is 36.8 Å². The van der Waals surface area contributed by atoms with Gasteiger partial charge in [0.2, 0.25) is 0 Å². The molecule has 4 rings (SSSR count). The average molecular weight is 470 g/mol. The number of carbonyl (C=O) groups excluding carboxylic acids is 1. The van der Waals surface area contributed by atoms with E-state index in [1.165, 1.54) is 35.6 Å². The lowest BCUT2D eigenvalue weighted by Gasteiger charge is -2.23. The standard InChI is InChI=1S/C23H18F4N6O/c1-13-6-14-7-18(19(24)8-20(14)32-21(13)28)22(34)33(12-17-10-29-4-5-30-17)11-16-3-2-15(9-31-16)23(25,26)27/h2-10H,11-12H2,1H3,(H2,28,32). The summed E-state index contributed by atoms with van der Waals surface area (Å²) < 4.78 is 53.5. The molecule has 1 aromatic carbocycles. The molecule has 0 aliphatic heterocycles. The fourth-order valence-electron chi connectivity index (χ4n) is 3.34. The lowest BCUT2D eigenvalue weighted by atomic mass is 10.1. The Morgan fingerprint density at radius 3 is 2.44 bits per heavy atom. The summed E-state index contributed by atoms with van der Waals surface area (Å²) in [6.07, 6.45) is 0.481. The first-order chi connectivity index (χ1) is 16.1. The van der Waals surface area contributed by atoms with E-state index in [1.807, 2.05) is 0 Å². The molecule has 0 bridgehead atoms. The fraction of sp³-hybridized carbons (Fsp3) is 0.174. The number of halogens is 4. The number of alkyl halides is 3. The number of nitrogen functional groups attached to an aromatic ring is 1. The number of nitrogens with zero attached hydrogens (tertiary/aromatic N) is 5. The Morgan fingerprint density at radius 2 is 1.79 bits per heavy atom. The summed E-state index contributed by atoms with van der Waals surface area (Å²) in [7, 11) is 0. The number of carbonyl (C=O) groups is 1. The Bertz CT molecular complexity index is 1340. The van der Waals surface area contributed by atoms with Crippen molar-refractivity contribution >= 4 is 22.6 Å². The van der Waals surface area contributed by atoms with Gasteiger partial charge < -0.3 is 10.6 Å². The highest BCUT2D eigenvalue weighted by molar-refractivity contribution is 5.98. The van der Waals surface area contributed by atoms with Crippen LogP contribution >= 0.6 is 0 Å². The first kappa shape index (κ1) is 23.0. The van der Waals surface area contributed by atoms with Crippen molar-refractivity contribution in [2.24, 2.45) is 0 Å². The van der Waals surface area contributed by atoms with Crippen molar-refractivity contribution < 1.29 is 22.4 Å². The SMILES string of the molecule is Cc1cc2cc(C(=O)N(Cc3ccc(C(F)(F)F)cn3)Cc3cnccn3)c(F)cc2nc1N. The van der Waals surface area contributed by atoms with Crippen molar-refractivity contribution in [2.45, 2.75) is 26.2 Å². The monoisotopic (exact) mass is 470 g/mol. The van der Waals surface area contributed by atoms with Gasteiger partial charge in [-0.25, -0.2) is 9.37 Å². The van der Waals surface area contributed by atoms with Crippen molar-refractivity contribution in [1.29, 1.82) is 0 Å². The zero-order valence-corrected chi connectivity index (χ0v) is 17.8. The summed E-state index contributed by atoms with van der Waals surface area (Å²) >= 11 is 0. The van der Waals surface area contributed by atoms with Crippen molar-refractivity contribution in [1.82, 2.24) is 24.8 Å². The van der Waals surface area contributed by atoms with Crippen molar-refractivity contribution in [3.8, 4) is 0 Å². The molecule has 34 heavy (non-hydrogen) atoms. The Balaban J connectivity index is 1.70. The van der Waals surface area contributed by atoms with E-state index in [4.69, 9.17) is 5.73 Å². The summed E-state index contributed by atoms with van der Waals surface area (Å²) in [5, 5.41) is 0.517. The number of aryl methyl sites for hydroxylation is 1. The van der Waals surface area contributed by atoms with Crippen LogP contribution in [0.15, 0.2) is 55.1 Å². The third-order valence-corrected chi connectivity index (χ3v) is 5.13.